The topological polar surface area (TPSA) is 63.3 Å². The molecule has 0 radical (unpaired) electrons. The molecule has 0 bridgehead atoms. The van der Waals surface area contributed by atoms with E-state index in [9.17, 15) is 9.18 Å². The molecule has 0 aliphatic rings. The first kappa shape index (κ1) is 10.6. The third kappa shape index (κ3) is 1.36. The summed E-state index contributed by atoms with van der Waals surface area (Å²) in [7, 11) is 0. The molecule has 0 amide bonds. The molecule has 4 nitrogen and oxygen atoms in total. The number of rotatable bonds is 2. The summed E-state index contributed by atoms with van der Waals surface area (Å²) in [5, 5.41) is 13.0. The number of benzene rings is 1. The van der Waals surface area contributed by atoms with Gasteiger partial charge in [-0.15, -0.1) is 0 Å². The Morgan fingerprint density at radius 2 is 2.19 bits per heavy atom. The first-order chi connectivity index (χ1) is 7.44. The molecule has 5 heteroatoms. The van der Waals surface area contributed by atoms with E-state index in [1.54, 1.807) is 6.07 Å². The number of fused-ring (bicyclic) bond motifs is 1. The highest BCUT2D eigenvalue weighted by molar-refractivity contribution is 5.89. The number of carboxylic acid groups (broad SMARTS) is 1. The van der Waals surface area contributed by atoms with E-state index in [0.717, 1.165) is 0 Å². The number of aromatic nitrogens is 1. The molecule has 84 valence electrons. The van der Waals surface area contributed by atoms with Crippen molar-refractivity contribution in [3.8, 4) is 0 Å². The van der Waals surface area contributed by atoms with Crippen molar-refractivity contribution in [1.29, 1.82) is 0 Å². The average molecular weight is 223 g/mol. The highest BCUT2D eigenvalue weighted by atomic mass is 19.1. The van der Waals surface area contributed by atoms with Crippen LogP contribution >= 0.6 is 0 Å². The Morgan fingerprint density at radius 3 is 2.81 bits per heavy atom. The Morgan fingerprint density at radius 1 is 1.50 bits per heavy atom. The van der Waals surface area contributed by atoms with Gasteiger partial charge in [0.25, 0.3) is 0 Å². The molecule has 0 saturated heterocycles. The summed E-state index contributed by atoms with van der Waals surface area (Å²) in [6.07, 6.45) is 0. The molecular formula is C11H10FNO3. The minimum absolute atomic E-state index is 0.0619. The van der Waals surface area contributed by atoms with E-state index in [1.165, 1.54) is 26.0 Å². The number of aliphatic carboxylic acids is 1. The second-order valence-corrected chi connectivity index (χ2v) is 4.08. The van der Waals surface area contributed by atoms with Crippen LogP contribution in [0.15, 0.2) is 22.7 Å². The van der Waals surface area contributed by atoms with Crippen molar-refractivity contribution in [3.63, 3.8) is 0 Å². The van der Waals surface area contributed by atoms with E-state index in [2.05, 4.69) is 5.16 Å². The molecule has 0 saturated carbocycles. The van der Waals surface area contributed by atoms with E-state index in [-0.39, 0.29) is 11.3 Å². The first-order valence-electron chi connectivity index (χ1n) is 4.72. The van der Waals surface area contributed by atoms with Gasteiger partial charge in [0, 0.05) is 5.39 Å². The van der Waals surface area contributed by atoms with E-state index in [0.29, 0.717) is 5.39 Å². The molecule has 0 fully saturated rings. The van der Waals surface area contributed by atoms with Gasteiger partial charge in [-0.1, -0.05) is 11.2 Å². The molecule has 0 atom stereocenters. The number of halogens is 1. The lowest BCUT2D eigenvalue weighted by molar-refractivity contribution is -0.143. The van der Waals surface area contributed by atoms with Crippen molar-refractivity contribution < 1.29 is 18.8 Å². The van der Waals surface area contributed by atoms with Crippen LogP contribution in [0.3, 0.4) is 0 Å². The van der Waals surface area contributed by atoms with Crippen LogP contribution in [0.2, 0.25) is 0 Å². The Balaban J connectivity index is 2.72. The zero-order valence-corrected chi connectivity index (χ0v) is 8.82. The molecule has 0 spiro atoms. The van der Waals surface area contributed by atoms with E-state index in [4.69, 9.17) is 9.63 Å². The summed E-state index contributed by atoms with van der Waals surface area (Å²) in [6.45, 7) is 2.97. The Hall–Kier alpha value is -1.91. The fourth-order valence-electron chi connectivity index (χ4n) is 1.48. The maximum atomic E-state index is 13.3. The second-order valence-electron chi connectivity index (χ2n) is 4.08. The highest BCUT2D eigenvalue weighted by Gasteiger charge is 2.36. The maximum absolute atomic E-state index is 13.3. The van der Waals surface area contributed by atoms with Gasteiger partial charge < -0.3 is 9.63 Å². The lowest BCUT2D eigenvalue weighted by Crippen LogP contribution is -2.28. The summed E-state index contributed by atoms with van der Waals surface area (Å²) in [5.74, 6) is -1.40. The lowest BCUT2D eigenvalue weighted by atomic mass is 9.88. The van der Waals surface area contributed by atoms with Gasteiger partial charge >= 0.3 is 5.97 Å². The maximum Gasteiger partial charge on any atom is 0.316 e. The predicted molar refractivity (Wildman–Crippen MR) is 54.6 cm³/mol. The molecule has 2 rings (SSSR count). The van der Waals surface area contributed by atoms with Crippen LogP contribution in [0.25, 0.3) is 10.9 Å². The minimum Gasteiger partial charge on any atom is -0.481 e. The van der Waals surface area contributed by atoms with E-state index in [1.807, 2.05) is 0 Å². The van der Waals surface area contributed by atoms with Crippen molar-refractivity contribution in [2.24, 2.45) is 0 Å². The normalized spacial score (nSPS) is 11.9. The van der Waals surface area contributed by atoms with Crippen molar-refractivity contribution >= 4 is 16.9 Å². The molecular weight excluding hydrogens is 213 g/mol. The quantitative estimate of drug-likeness (QED) is 0.848. The molecule has 1 aromatic heterocycles. The van der Waals surface area contributed by atoms with E-state index < -0.39 is 17.2 Å². The number of carbonyl (C=O) groups is 1. The van der Waals surface area contributed by atoms with Crippen LogP contribution < -0.4 is 0 Å². The molecule has 2 aromatic rings. The summed E-state index contributed by atoms with van der Waals surface area (Å²) in [4.78, 5) is 11.1. The first-order valence-corrected chi connectivity index (χ1v) is 4.72. The molecule has 0 aliphatic heterocycles. The summed E-state index contributed by atoms with van der Waals surface area (Å²) in [5.41, 5.74) is -1.17. The van der Waals surface area contributed by atoms with Gasteiger partial charge in [0.2, 0.25) is 0 Å². The summed E-state index contributed by atoms with van der Waals surface area (Å²) in [6, 6.07) is 4.34. The van der Waals surface area contributed by atoms with Crippen LogP contribution in [0.5, 0.6) is 0 Å². The van der Waals surface area contributed by atoms with Crippen molar-refractivity contribution in [2.75, 3.05) is 0 Å². The fourth-order valence-corrected chi connectivity index (χ4v) is 1.48. The van der Waals surface area contributed by atoms with Gasteiger partial charge in [-0.25, -0.2) is 4.39 Å². The van der Waals surface area contributed by atoms with Gasteiger partial charge in [0.1, 0.15) is 10.9 Å². The highest BCUT2D eigenvalue weighted by Crippen LogP contribution is 2.31. The minimum atomic E-state index is -1.23. The number of carboxylic acids is 1. The molecule has 1 heterocycles. The lowest BCUT2D eigenvalue weighted by Gasteiger charge is -2.15. The van der Waals surface area contributed by atoms with Crippen LogP contribution in [0, 0.1) is 5.82 Å². The zero-order valence-electron chi connectivity index (χ0n) is 8.82. The predicted octanol–water partition coefficient (Wildman–Crippen LogP) is 2.33. The third-order valence-electron chi connectivity index (χ3n) is 2.56. The Kier molecular flexibility index (Phi) is 2.18. The summed E-state index contributed by atoms with van der Waals surface area (Å²) < 4.78 is 18.3. The standard InChI is InChI=1S/C11H10FNO3/c1-11(2,10(14)15)9-6-4-3-5-7(12)8(6)13-16-9/h3-5H,1-2H3,(H,14,15). The van der Waals surface area contributed by atoms with Gasteiger partial charge in [-0.3, -0.25) is 4.79 Å². The third-order valence-corrected chi connectivity index (χ3v) is 2.56. The smallest absolute Gasteiger partial charge is 0.316 e. The molecule has 1 N–H and O–H groups in total. The Bertz CT molecular complexity index is 559. The fraction of sp³-hybridized carbons (Fsp3) is 0.273. The van der Waals surface area contributed by atoms with Crippen molar-refractivity contribution in [3.05, 3.63) is 29.8 Å². The van der Waals surface area contributed by atoms with Crippen LogP contribution in [0.4, 0.5) is 4.39 Å². The zero-order chi connectivity index (χ0) is 11.9. The van der Waals surface area contributed by atoms with E-state index >= 15 is 0 Å². The van der Waals surface area contributed by atoms with Crippen molar-refractivity contribution in [1.82, 2.24) is 5.16 Å². The van der Waals surface area contributed by atoms with Gasteiger partial charge in [0.05, 0.1) is 0 Å². The van der Waals surface area contributed by atoms with Gasteiger partial charge in [-0.05, 0) is 26.0 Å². The Labute approximate surface area is 90.7 Å². The van der Waals surface area contributed by atoms with Crippen LogP contribution in [-0.4, -0.2) is 16.2 Å². The summed E-state index contributed by atoms with van der Waals surface area (Å²) >= 11 is 0. The van der Waals surface area contributed by atoms with Gasteiger partial charge in [0.15, 0.2) is 11.6 Å². The monoisotopic (exact) mass is 223 g/mol. The van der Waals surface area contributed by atoms with Crippen LogP contribution in [-0.2, 0) is 10.2 Å². The second kappa shape index (κ2) is 3.30. The molecule has 1 aromatic carbocycles. The number of hydrogen-bond acceptors (Lipinski definition) is 3. The molecule has 0 unspecified atom stereocenters. The molecule has 16 heavy (non-hydrogen) atoms. The van der Waals surface area contributed by atoms with Crippen LogP contribution in [0.1, 0.15) is 19.6 Å². The molecule has 0 aliphatic carbocycles. The SMILES string of the molecule is CC(C)(C(=O)O)c1onc2c(F)cccc12. The number of hydrogen-bond donors (Lipinski definition) is 1. The number of nitrogens with zero attached hydrogens (tertiary/aromatic N) is 1. The van der Waals surface area contributed by atoms with Gasteiger partial charge in [-0.2, -0.15) is 0 Å². The average Bonchev–Trinajstić information content (AvgIpc) is 2.63. The largest absolute Gasteiger partial charge is 0.481 e. The van der Waals surface area contributed by atoms with Crippen molar-refractivity contribution in [2.45, 2.75) is 19.3 Å².